The summed E-state index contributed by atoms with van der Waals surface area (Å²) in [5.41, 5.74) is 0. The van der Waals surface area contributed by atoms with Crippen molar-refractivity contribution in [2.45, 2.75) is 20.8 Å². The van der Waals surface area contributed by atoms with Crippen molar-refractivity contribution in [3.8, 4) is 0 Å². The van der Waals surface area contributed by atoms with Gasteiger partial charge in [-0.3, -0.25) is 0 Å². The van der Waals surface area contributed by atoms with Crippen LogP contribution in [0, 0.1) is 0 Å². The topological polar surface area (TPSA) is 64.6 Å². The fourth-order valence-corrected chi connectivity index (χ4v) is 1.96. The molecule has 0 aromatic heterocycles. The molecule has 0 saturated carbocycles. The number of carbonyl (C=O) groups excluding carboxylic acids is 1. The molecular formula is C8H19N2O4S+. The molecule has 0 aliphatic rings. The molecule has 0 bridgehead atoms. The Morgan fingerprint density at radius 1 is 1.27 bits per heavy atom. The van der Waals surface area contributed by atoms with Crippen LogP contribution in [0.25, 0.3) is 0 Å². The Kier molecular flexibility index (Phi) is 6.46. The molecule has 0 aliphatic carbocycles. The minimum atomic E-state index is -1.87. The molecular weight excluding hydrogens is 220 g/mol. The van der Waals surface area contributed by atoms with Crippen LogP contribution in [0.1, 0.15) is 20.8 Å². The summed E-state index contributed by atoms with van der Waals surface area (Å²) in [6.07, 6.45) is -0.769. The molecule has 0 aliphatic heterocycles. The van der Waals surface area contributed by atoms with E-state index in [2.05, 4.69) is 9.46 Å². The summed E-state index contributed by atoms with van der Waals surface area (Å²) < 4.78 is 23.2. The predicted octanol–water partition coefficient (Wildman–Crippen LogP) is 0.729. The zero-order valence-electron chi connectivity index (χ0n) is 9.61. The van der Waals surface area contributed by atoms with Gasteiger partial charge < -0.3 is 4.74 Å². The van der Waals surface area contributed by atoms with E-state index >= 15 is 0 Å². The average molecular weight is 239 g/mol. The van der Waals surface area contributed by atoms with Gasteiger partial charge in [-0.15, -0.1) is 0 Å². The molecule has 15 heavy (non-hydrogen) atoms. The van der Waals surface area contributed by atoms with E-state index in [1.54, 1.807) is 0 Å². The van der Waals surface area contributed by atoms with Crippen LogP contribution in [0.2, 0.25) is 0 Å². The Morgan fingerprint density at radius 3 is 2.07 bits per heavy atom. The van der Waals surface area contributed by atoms with Crippen LogP contribution < -0.4 is 4.72 Å². The zero-order chi connectivity index (χ0) is 11.9. The number of nitrogens with zero attached hydrogens (tertiary/aromatic N) is 1. The third-order valence-electron chi connectivity index (χ3n) is 2.31. The van der Waals surface area contributed by atoms with Gasteiger partial charge in [-0.2, -0.15) is 8.86 Å². The summed E-state index contributed by atoms with van der Waals surface area (Å²) in [6.45, 7) is 7.85. The second-order valence-electron chi connectivity index (χ2n) is 2.91. The van der Waals surface area contributed by atoms with E-state index in [1.165, 1.54) is 7.11 Å². The van der Waals surface area contributed by atoms with E-state index in [-0.39, 0.29) is 4.65 Å². The number of quaternary nitrogens is 1. The first-order chi connectivity index (χ1) is 7.03. The maximum Gasteiger partial charge on any atom is 0.420 e. The molecule has 0 radical (unpaired) electrons. The summed E-state index contributed by atoms with van der Waals surface area (Å²) in [5, 5.41) is 0. The lowest BCUT2D eigenvalue weighted by molar-refractivity contribution is -1.08. The molecule has 90 valence electrons. The van der Waals surface area contributed by atoms with Gasteiger partial charge in [0.1, 0.15) is 19.6 Å². The molecule has 1 amide bonds. The highest BCUT2D eigenvalue weighted by Gasteiger charge is 2.27. The molecule has 1 atom stereocenters. The van der Waals surface area contributed by atoms with E-state index in [9.17, 15) is 9.00 Å². The van der Waals surface area contributed by atoms with E-state index in [0.717, 1.165) is 0 Å². The first kappa shape index (κ1) is 14.3. The quantitative estimate of drug-likeness (QED) is 0.548. The predicted molar refractivity (Wildman–Crippen MR) is 56.7 cm³/mol. The second-order valence-corrected chi connectivity index (χ2v) is 3.73. The second kappa shape index (κ2) is 6.76. The maximum atomic E-state index is 11.4. The van der Waals surface area contributed by atoms with E-state index < -0.39 is 17.4 Å². The number of hydroxylamine groups is 3. The lowest BCUT2D eigenvalue weighted by Gasteiger charge is -2.30. The largest absolute Gasteiger partial charge is 0.452 e. The summed E-state index contributed by atoms with van der Waals surface area (Å²) in [4.78, 5) is 10.8. The number of hydrogen-bond acceptors (Lipinski definition) is 4. The van der Waals surface area contributed by atoms with Gasteiger partial charge in [0.05, 0.1) is 7.11 Å². The van der Waals surface area contributed by atoms with Gasteiger partial charge in [0.25, 0.3) is 0 Å². The summed E-state index contributed by atoms with van der Waals surface area (Å²) in [7, 11) is 1.20. The van der Waals surface area contributed by atoms with Gasteiger partial charge in [0.2, 0.25) is 0 Å². The van der Waals surface area contributed by atoms with Crippen LogP contribution >= 0.6 is 0 Å². The number of methoxy groups -OCH3 is 1. The minimum Gasteiger partial charge on any atom is -0.452 e. The minimum absolute atomic E-state index is 0.233. The molecule has 0 fully saturated rings. The SMILES string of the molecule is CC[N+](CC)(CC)OS(=O)NC(=O)OC. The highest BCUT2D eigenvalue weighted by Crippen LogP contribution is 2.08. The van der Waals surface area contributed by atoms with Gasteiger partial charge >= 0.3 is 17.4 Å². The zero-order valence-corrected chi connectivity index (χ0v) is 10.4. The van der Waals surface area contributed by atoms with E-state index in [4.69, 9.17) is 4.28 Å². The molecule has 0 heterocycles. The number of hydrogen-bond donors (Lipinski definition) is 1. The number of carbonyl (C=O) groups is 1. The van der Waals surface area contributed by atoms with Crippen molar-refractivity contribution in [3.63, 3.8) is 0 Å². The molecule has 6 nitrogen and oxygen atoms in total. The Morgan fingerprint density at radius 2 is 1.73 bits per heavy atom. The number of rotatable bonds is 6. The summed E-state index contributed by atoms with van der Waals surface area (Å²) in [5.74, 6) is 0. The summed E-state index contributed by atoms with van der Waals surface area (Å²) >= 11 is -1.87. The third-order valence-corrected chi connectivity index (χ3v) is 3.09. The molecule has 0 aromatic rings. The van der Waals surface area contributed by atoms with Gasteiger partial charge in [-0.05, 0) is 20.8 Å². The van der Waals surface area contributed by atoms with Crippen LogP contribution in [0.5, 0.6) is 0 Å². The van der Waals surface area contributed by atoms with Crippen molar-refractivity contribution in [1.29, 1.82) is 0 Å². The lowest BCUT2D eigenvalue weighted by atomic mass is 10.5. The maximum absolute atomic E-state index is 11.4. The molecule has 1 N–H and O–H groups in total. The van der Waals surface area contributed by atoms with E-state index in [0.29, 0.717) is 19.6 Å². The van der Waals surface area contributed by atoms with Crippen molar-refractivity contribution in [3.05, 3.63) is 0 Å². The lowest BCUT2D eigenvalue weighted by Crippen LogP contribution is -2.49. The van der Waals surface area contributed by atoms with Crippen molar-refractivity contribution < 1.29 is 22.7 Å². The fraction of sp³-hybridized carbons (Fsp3) is 0.875. The van der Waals surface area contributed by atoms with Gasteiger partial charge in [0, 0.05) is 0 Å². The van der Waals surface area contributed by atoms with Crippen LogP contribution in [0.4, 0.5) is 4.79 Å². The number of amides is 1. The van der Waals surface area contributed by atoms with Gasteiger partial charge in [0.15, 0.2) is 0 Å². The van der Waals surface area contributed by atoms with E-state index in [1.807, 2.05) is 20.8 Å². The van der Waals surface area contributed by atoms with Crippen molar-refractivity contribution in [2.24, 2.45) is 0 Å². The van der Waals surface area contributed by atoms with Gasteiger partial charge in [-0.1, -0.05) is 4.28 Å². The first-order valence-electron chi connectivity index (χ1n) is 4.86. The molecule has 0 spiro atoms. The first-order valence-corrected chi connectivity index (χ1v) is 5.93. The van der Waals surface area contributed by atoms with Crippen molar-refractivity contribution in [1.82, 2.24) is 4.72 Å². The van der Waals surface area contributed by atoms with Crippen molar-refractivity contribution >= 4 is 17.4 Å². The Balaban J connectivity index is 4.29. The normalized spacial score (nSPS) is 13.3. The monoisotopic (exact) mass is 239 g/mol. The number of nitrogens with one attached hydrogen (secondary N) is 1. The van der Waals surface area contributed by atoms with Crippen molar-refractivity contribution in [2.75, 3.05) is 26.7 Å². The highest BCUT2D eigenvalue weighted by molar-refractivity contribution is 7.78. The smallest absolute Gasteiger partial charge is 0.420 e. The standard InChI is InChI=1S/C8H18N2O4S/c1-5-10(6-2,7-3)14-15(12)9-8(11)13-4/h5-7H2,1-4H3/p+1. The third kappa shape index (κ3) is 4.59. The van der Waals surface area contributed by atoms with Crippen LogP contribution in [-0.2, 0) is 20.3 Å². The highest BCUT2D eigenvalue weighted by atomic mass is 32.2. The number of ether oxygens (including phenoxy) is 1. The van der Waals surface area contributed by atoms with Crippen LogP contribution in [0.15, 0.2) is 0 Å². The van der Waals surface area contributed by atoms with Gasteiger partial charge in [-0.25, -0.2) is 9.52 Å². The van der Waals surface area contributed by atoms with Crippen LogP contribution in [-0.4, -0.2) is 41.7 Å². The Labute approximate surface area is 92.9 Å². The molecule has 1 unspecified atom stereocenters. The molecule has 0 rings (SSSR count). The average Bonchev–Trinajstić information content (AvgIpc) is 2.26. The molecule has 7 heteroatoms. The fourth-order valence-electron chi connectivity index (χ4n) is 1.10. The summed E-state index contributed by atoms with van der Waals surface area (Å²) in [6, 6.07) is 0. The Hall–Kier alpha value is -0.660. The van der Waals surface area contributed by atoms with Crippen LogP contribution in [0.3, 0.4) is 0 Å². The molecule has 0 saturated heterocycles. The molecule has 0 aromatic carbocycles. The Bertz CT molecular complexity index is 222.